The zero-order chi connectivity index (χ0) is 12.0. The molecule has 1 aromatic carbocycles. The van der Waals surface area contributed by atoms with Crippen LogP contribution in [0.4, 0.5) is 0 Å². The number of amides is 1. The Morgan fingerprint density at radius 2 is 2.00 bits per heavy atom. The lowest BCUT2D eigenvalue weighted by atomic mass is 10.1. The summed E-state index contributed by atoms with van der Waals surface area (Å²) < 4.78 is 0. The second-order valence-corrected chi connectivity index (χ2v) is 3.04. The summed E-state index contributed by atoms with van der Waals surface area (Å²) >= 11 is 0. The Balaban J connectivity index is 2.45. The van der Waals surface area contributed by atoms with E-state index < -0.39 is 24.5 Å². The van der Waals surface area contributed by atoms with Crippen LogP contribution < -0.4 is 11.2 Å². The van der Waals surface area contributed by atoms with Crippen molar-refractivity contribution in [1.82, 2.24) is 5.48 Å². The average molecular weight is 224 g/mol. The molecule has 1 amide bonds. The number of hydroxylamine groups is 1. The molecule has 4 N–H and O–H groups in total. The number of carboxylic acids is 1. The van der Waals surface area contributed by atoms with Gasteiger partial charge in [0.25, 0.3) is 5.91 Å². The highest BCUT2D eigenvalue weighted by atomic mass is 16.7. The lowest BCUT2D eigenvalue weighted by Gasteiger charge is -2.11. The lowest BCUT2D eigenvalue weighted by Crippen LogP contribution is -2.35. The van der Waals surface area contributed by atoms with Crippen LogP contribution in [-0.4, -0.2) is 23.6 Å². The summed E-state index contributed by atoms with van der Waals surface area (Å²) in [7, 11) is 0. The van der Waals surface area contributed by atoms with Gasteiger partial charge in [-0.2, -0.15) is 0 Å². The third-order valence-corrected chi connectivity index (χ3v) is 1.81. The molecule has 6 heteroatoms. The molecule has 0 radical (unpaired) electrons. The zero-order valence-corrected chi connectivity index (χ0v) is 8.42. The molecule has 0 saturated heterocycles. The number of hydrogen-bond acceptors (Lipinski definition) is 4. The monoisotopic (exact) mass is 224 g/mol. The van der Waals surface area contributed by atoms with Gasteiger partial charge >= 0.3 is 5.97 Å². The maximum atomic E-state index is 11.4. The largest absolute Gasteiger partial charge is 0.479 e. The van der Waals surface area contributed by atoms with Crippen molar-refractivity contribution in [2.45, 2.75) is 6.04 Å². The van der Waals surface area contributed by atoms with Gasteiger partial charge in [0.05, 0.1) is 0 Å². The minimum atomic E-state index is -1.17. The molecule has 16 heavy (non-hydrogen) atoms. The highest BCUT2D eigenvalue weighted by Gasteiger charge is 2.15. The standard InChI is InChI=1S/C10H12N2O4/c11-9(7-4-2-1-3-5-7)10(15)12-16-6-8(13)14/h1-5,9H,6,11H2,(H,12,15)(H,13,14). The maximum absolute atomic E-state index is 11.4. The SMILES string of the molecule is NC(C(=O)NOCC(=O)O)c1ccccc1. The number of hydrogen-bond donors (Lipinski definition) is 3. The number of rotatable bonds is 5. The van der Waals surface area contributed by atoms with Crippen molar-refractivity contribution in [3.63, 3.8) is 0 Å². The van der Waals surface area contributed by atoms with Crippen LogP contribution in [0.15, 0.2) is 30.3 Å². The summed E-state index contributed by atoms with van der Waals surface area (Å²) in [5.74, 6) is -1.76. The summed E-state index contributed by atoms with van der Waals surface area (Å²) in [5.41, 5.74) is 8.21. The summed E-state index contributed by atoms with van der Waals surface area (Å²) in [6.45, 7) is -0.604. The number of benzene rings is 1. The van der Waals surface area contributed by atoms with Gasteiger partial charge in [-0.15, -0.1) is 0 Å². The van der Waals surface area contributed by atoms with E-state index in [0.717, 1.165) is 0 Å². The van der Waals surface area contributed by atoms with Gasteiger partial charge in [-0.1, -0.05) is 30.3 Å². The first-order chi connectivity index (χ1) is 7.61. The quantitative estimate of drug-likeness (QED) is 0.602. The number of carbonyl (C=O) groups excluding carboxylic acids is 1. The first kappa shape index (κ1) is 12.2. The molecule has 0 aliphatic carbocycles. The third-order valence-electron chi connectivity index (χ3n) is 1.81. The molecule has 0 aliphatic heterocycles. The van der Waals surface area contributed by atoms with E-state index in [0.29, 0.717) is 5.56 Å². The molecule has 0 spiro atoms. The van der Waals surface area contributed by atoms with E-state index in [2.05, 4.69) is 4.84 Å². The van der Waals surface area contributed by atoms with Crippen LogP contribution >= 0.6 is 0 Å². The molecule has 0 bridgehead atoms. The van der Waals surface area contributed by atoms with E-state index in [1.807, 2.05) is 5.48 Å². The van der Waals surface area contributed by atoms with Gasteiger partial charge in [0.1, 0.15) is 6.04 Å². The van der Waals surface area contributed by atoms with Crippen molar-refractivity contribution < 1.29 is 19.5 Å². The van der Waals surface area contributed by atoms with E-state index >= 15 is 0 Å². The van der Waals surface area contributed by atoms with Crippen molar-refractivity contribution in [2.24, 2.45) is 5.73 Å². The average Bonchev–Trinajstić information content (AvgIpc) is 2.28. The number of carbonyl (C=O) groups is 2. The minimum Gasteiger partial charge on any atom is -0.479 e. The van der Waals surface area contributed by atoms with Gasteiger partial charge in [0.2, 0.25) is 0 Å². The molecule has 0 saturated carbocycles. The Morgan fingerprint density at radius 3 is 2.56 bits per heavy atom. The predicted molar refractivity (Wildman–Crippen MR) is 55.1 cm³/mol. The Kier molecular flexibility index (Phi) is 4.43. The summed E-state index contributed by atoms with van der Waals surface area (Å²) in [4.78, 5) is 25.9. The van der Waals surface area contributed by atoms with E-state index in [-0.39, 0.29) is 0 Å². The molecule has 0 heterocycles. The molecule has 6 nitrogen and oxygen atoms in total. The topological polar surface area (TPSA) is 102 Å². The van der Waals surface area contributed by atoms with Gasteiger partial charge in [-0.05, 0) is 5.56 Å². The van der Waals surface area contributed by atoms with E-state index in [1.54, 1.807) is 30.3 Å². The van der Waals surface area contributed by atoms with Crippen LogP contribution in [0.3, 0.4) is 0 Å². The maximum Gasteiger partial charge on any atom is 0.332 e. The summed E-state index contributed by atoms with van der Waals surface area (Å²) in [5, 5.41) is 8.27. The Labute approximate surface area is 92.0 Å². The van der Waals surface area contributed by atoms with Crippen molar-refractivity contribution in [3.05, 3.63) is 35.9 Å². The first-order valence-electron chi connectivity index (χ1n) is 4.55. The van der Waals surface area contributed by atoms with E-state index in [1.165, 1.54) is 0 Å². The summed E-state index contributed by atoms with van der Waals surface area (Å²) in [6, 6.07) is 7.81. The predicted octanol–water partition coefficient (Wildman–Crippen LogP) is -0.181. The third kappa shape index (κ3) is 3.68. The molecular formula is C10H12N2O4. The van der Waals surface area contributed by atoms with Crippen LogP contribution in [0.25, 0.3) is 0 Å². The highest BCUT2D eigenvalue weighted by Crippen LogP contribution is 2.08. The van der Waals surface area contributed by atoms with Crippen LogP contribution in [0.5, 0.6) is 0 Å². The second-order valence-electron chi connectivity index (χ2n) is 3.04. The first-order valence-corrected chi connectivity index (χ1v) is 4.55. The number of nitrogens with one attached hydrogen (secondary N) is 1. The fraction of sp³-hybridized carbons (Fsp3) is 0.200. The van der Waals surface area contributed by atoms with Crippen molar-refractivity contribution >= 4 is 11.9 Å². The fourth-order valence-corrected chi connectivity index (χ4v) is 1.04. The van der Waals surface area contributed by atoms with Gasteiger partial charge in [0.15, 0.2) is 6.61 Å². The Morgan fingerprint density at radius 1 is 1.38 bits per heavy atom. The number of nitrogens with two attached hydrogens (primary N) is 1. The van der Waals surface area contributed by atoms with Gasteiger partial charge in [-0.3, -0.25) is 9.63 Å². The van der Waals surface area contributed by atoms with Crippen molar-refractivity contribution in [3.8, 4) is 0 Å². The second kappa shape index (κ2) is 5.84. The molecule has 1 atom stereocenters. The zero-order valence-electron chi connectivity index (χ0n) is 8.42. The molecule has 1 rings (SSSR count). The smallest absolute Gasteiger partial charge is 0.332 e. The summed E-state index contributed by atoms with van der Waals surface area (Å²) in [6.07, 6.45) is 0. The normalized spacial score (nSPS) is 11.8. The van der Waals surface area contributed by atoms with Gasteiger partial charge in [0, 0.05) is 0 Å². The Bertz CT molecular complexity index is 366. The fourth-order valence-electron chi connectivity index (χ4n) is 1.04. The van der Waals surface area contributed by atoms with Crippen molar-refractivity contribution in [1.29, 1.82) is 0 Å². The van der Waals surface area contributed by atoms with Crippen LogP contribution in [-0.2, 0) is 14.4 Å². The van der Waals surface area contributed by atoms with Gasteiger partial charge in [-0.25, -0.2) is 10.3 Å². The molecule has 0 aromatic heterocycles. The van der Waals surface area contributed by atoms with Crippen LogP contribution in [0.2, 0.25) is 0 Å². The lowest BCUT2D eigenvalue weighted by molar-refractivity contribution is -0.149. The highest BCUT2D eigenvalue weighted by molar-refractivity contribution is 5.82. The van der Waals surface area contributed by atoms with E-state index in [9.17, 15) is 9.59 Å². The molecule has 0 fully saturated rings. The van der Waals surface area contributed by atoms with E-state index in [4.69, 9.17) is 10.8 Å². The van der Waals surface area contributed by atoms with Crippen LogP contribution in [0.1, 0.15) is 11.6 Å². The van der Waals surface area contributed by atoms with Gasteiger partial charge < -0.3 is 10.8 Å². The number of carboxylic acid groups (broad SMARTS) is 1. The molecule has 1 unspecified atom stereocenters. The number of aliphatic carboxylic acids is 1. The molecule has 86 valence electrons. The van der Waals surface area contributed by atoms with Crippen LogP contribution in [0, 0.1) is 0 Å². The van der Waals surface area contributed by atoms with Crippen molar-refractivity contribution in [2.75, 3.05) is 6.61 Å². The Hall–Kier alpha value is -1.92. The molecule has 1 aromatic rings. The molecular weight excluding hydrogens is 212 g/mol. The molecule has 0 aliphatic rings. The minimum absolute atomic E-state index is 0.590.